The van der Waals surface area contributed by atoms with Gasteiger partial charge in [-0.05, 0) is 37.6 Å². The van der Waals surface area contributed by atoms with Crippen LogP contribution in [0.5, 0.6) is 5.75 Å². The first-order chi connectivity index (χ1) is 10.5. The Balaban J connectivity index is 1.79. The second-order valence-corrected chi connectivity index (χ2v) is 10.7. The molecule has 1 aromatic heterocycles. The number of thiophene rings is 1. The molecule has 0 saturated carbocycles. The Morgan fingerprint density at radius 2 is 1.73 bits per heavy atom. The van der Waals surface area contributed by atoms with Crippen LogP contribution in [0.15, 0.2) is 35.2 Å². The maximum atomic E-state index is 12.4. The van der Waals surface area contributed by atoms with E-state index in [0.29, 0.717) is 10.3 Å². The van der Waals surface area contributed by atoms with Crippen molar-refractivity contribution < 1.29 is 12.6 Å². The summed E-state index contributed by atoms with van der Waals surface area (Å²) in [5, 5.41) is 0. The fourth-order valence-electron chi connectivity index (χ4n) is 2.26. The Kier molecular flexibility index (Phi) is 4.77. The summed E-state index contributed by atoms with van der Waals surface area (Å²) < 4.78 is 30.4. The summed E-state index contributed by atoms with van der Waals surface area (Å²) in [6, 6.07) is 9.04. The maximum absolute atomic E-state index is 12.4. The quantitative estimate of drug-likeness (QED) is 0.733. The molecule has 0 radical (unpaired) electrons. The van der Waals surface area contributed by atoms with Gasteiger partial charge in [0.15, 0.2) is 0 Å². The summed E-state index contributed by atoms with van der Waals surface area (Å²) in [5.41, 5.74) is 1.21. The molecule has 0 unspecified atom stereocenters. The molecule has 0 N–H and O–H groups in total. The zero-order valence-electron chi connectivity index (χ0n) is 12.2. The first-order valence-electron chi connectivity index (χ1n) is 6.80. The average molecular weight is 373 g/mol. The minimum Gasteiger partial charge on any atom is -0.379 e. The van der Waals surface area contributed by atoms with Gasteiger partial charge in [0.2, 0.25) is 0 Å². The van der Waals surface area contributed by atoms with Gasteiger partial charge < -0.3 is 4.18 Å². The summed E-state index contributed by atoms with van der Waals surface area (Å²) in [6.45, 7) is 3.69. The van der Waals surface area contributed by atoms with Crippen LogP contribution in [0.3, 0.4) is 0 Å². The van der Waals surface area contributed by atoms with Gasteiger partial charge in [-0.15, -0.1) is 34.9 Å². The van der Waals surface area contributed by atoms with Crippen LogP contribution in [0.4, 0.5) is 0 Å². The van der Waals surface area contributed by atoms with E-state index in [-0.39, 0.29) is 4.90 Å². The fraction of sp³-hybridized carbons (Fsp3) is 0.333. The van der Waals surface area contributed by atoms with E-state index >= 15 is 0 Å². The lowest BCUT2D eigenvalue weighted by Gasteiger charge is -2.10. The number of thioether (sulfide) groups is 2. The third-order valence-electron chi connectivity index (χ3n) is 3.24. The zero-order valence-corrected chi connectivity index (χ0v) is 15.5. The minimum absolute atomic E-state index is 0.265. The van der Waals surface area contributed by atoms with Gasteiger partial charge >= 0.3 is 10.1 Å². The third kappa shape index (κ3) is 3.48. The van der Waals surface area contributed by atoms with Crippen molar-refractivity contribution in [2.24, 2.45) is 0 Å². The summed E-state index contributed by atoms with van der Waals surface area (Å²) >= 11 is 5.30. The van der Waals surface area contributed by atoms with Gasteiger partial charge in [-0.25, -0.2) is 0 Å². The standard InChI is InChI=1S/C15H16O3S4/c1-10-9-14(11(2)21-10)22(16,17)18-13-5-3-12(4-6-13)15-19-7-8-20-15/h3-6,9,15H,7-8H2,1-2H3. The van der Waals surface area contributed by atoms with Gasteiger partial charge in [-0.2, -0.15) is 8.42 Å². The molecular formula is C15H16O3S4. The summed E-state index contributed by atoms with van der Waals surface area (Å²) in [5.74, 6) is 2.69. The van der Waals surface area contributed by atoms with Crippen LogP contribution in [0.25, 0.3) is 0 Å². The Morgan fingerprint density at radius 1 is 1.09 bits per heavy atom. The molecule has 118 valence electrons. The molecule has 0 spiro atoms. The number of rotatable bonds is 4. The summed E-state index contributed by atoms with van der Waals surface area (Å²) in [4.78, 5) is 1.99. The summed E-state index contributed by atoms with van der Waals surface area (Å²) in [7, 11) is -3.76. The van der Waals surface area contributed by atoms with Crippen molar-refractivity contribution in [1.29, 1.82) is 0 Å². The SMILES string of the molecule is Cc1cc(S(=O)(=O)Oc2ccc(C3SCCS3)cc2)c(C)s1. The van der Waals surface area contributed by atoms with Crippen LogP contribution in [0.2, 0.25) is 0 Å². The largest absolute Gasteiger partial charge is 0.379 e. The Morgan fingerprint density at radius 3 is 2.27 bits per heavy atom. The third-order valence-corrected chi connectivity index (χ3v) is 8.82. The second-order valence-electron chi connectivity index (χ2n) is 4.96. The molecule has 2 heterocycles. The van der Waals surface area contributed by atoms with Crippen molar-refractivity contribution >= 4 is 45.0 Å². The summed E-state index contributed by atoms with van der Waals surface area (Å²) in [6.07, 6.45) is 0. The molecule has 1 saturated heterocycles. The van der Waals surface area contributed by atoms with E-state index in [0.717, 1.165) is 9.75 Å². The van der Waals surface area contributed by atoms with Crippen molar-refractivity contribution in [3.05, 3.63) is 45.6 Å². The second kappa shape index (κ2) is 6.47. The van der Waals surface area contributed by atoms with E-state index in [1.54, 1.807) is 25.1 Å². The average Bonchev–Trinajstić information content (AvgIpc) is 3.09. The van der Waals surface area contributed by atoms with E-state index in [2.05, 4.69) is 0 Å². The lowest BCUT2D eigenvalue weighted by atomic mass is 10.2. The number of benzene rings is 1. The van der Waals surface area contributed by atoms with Crippen LogP contribution in [-0.2, 0) is 10.1 Å². The topological polar surface area (TPSA) is 43.4 Å². The van der Waals surface area contributed by atoms with E-state index in [1.807, 2.05) is 42.6 Å². The van der Waals surface area contributed by atoms with Crippen LogP contribution in [0, 0.1) is 13.8 Å². The molecule has 0 bridgehead atoms. The Hall–Kier alpha value is -0.630. The predicted molar refractivity (Wildman–Crippen MR) is 95.7 cm³/mol. The molecule has 3 nitrogen and oxygen atoms in total. The van der Waals surface area contributed by atoms with Crippen LogP contribution >= 0.6 is 34.9 Å². The van der Waals surface area contributed by atoms with Gasteiger partial charge in [0.25, 0.3) is 0 Å². The van der Waals surface area contributed by atoms with Crippen LogP contribution < -0.4 is 4.18 Å². The van der Waals surface area contributed by atoms with Crippen molar-refractivity contribution in [1.82, 2.24) is 0 Å². The van der Waals surface area contributed by atoms with E-state index in [9.17, 15) is 8.42 Å². The highest BCUT2D eigenvalue weighted by molar-refractivity contribution is 8.19. The van der Waals surface area contributed by atoms with Crippen molar-refractivity contribution in [3.63, 3.8) is 0 Å². The number of hydrogen-bond donors (Lipinski definition) is 0. The number of hydrogen-bond acceptors (Lipinski definition) is 6. The monoisotopic (exact) mass is 372 g/mol. The van der Waals surface area contributed by atoms with E-state index < -0.39 is 10.1 Å². The molecule has 1 aliphatic heterocycles. The van der Waals surface area contributed by atoms with E-state index in [4.69, 9.17) is 4.18 Å². The molecule has 1 fully saturated rings. The lowest BCUT2D eigenvalue weighted by Crippen LogP contribution is -2.09. The molecule has 7 heteroatoms. The van der Waals surface area contributed by atoms with Crippen molar-refractivity contribution in [2.45, 2.75) is 23.3 Å². The molecule has 3 rings (SSSR count). The molecular weight excluding hydrogens is 356 g/mol. The Labute approximate surface area is 143 Å². The fourth-order valence-corrected chi connectivity index (χ4v) is 7.57. The first-order valence-corrected chi connectivity index (χ1v) is 11.1. The molecule has 2 aromatic rings. The van der Waals surface area contributed by atoms with Gasteiger partial charge in [0, 0.05) is 21.3 Å². The van der Waals surface area contributed by atoms with Gasteiger partial charge in [0.05, 0.1) is 4.58 Å². The predicted octanol–water partition coefficient (Wildman–Crippen LogP) is 4.61. The van der Waals surface area contributed by atoms with E-state index in [1.165, 1.54) is 28.4 Å². The van der Waals surface area contributed by atoms with Gasteiger partial charge in [0.1, 0.15) is 10.6 Å². The number of aryl methyl sites for hydroxylation is 2. The maximum Gasteiger partial charge on any atom is 0.340 e. The van der Waals surface area contributed by atoms with Crippen molar-refractivity contribution in [2.75, 3.05) is 11.5 Å². The molecule has 0 atom stereocenters. The van der Waals surface area contributed by atoms with Gasteiger partial charge in [-0.1, -0.05) is 12.1 Å². The molecule has 1 aliphatic rings. The molecule has 22 heavy (non-hydrogen) atoms. The molecule has 0 amide bonds. The van der Waals surface area contributed by atoms with Crippen LogP contribution in [0.1, 0.15) is 19.9 Å². The highest BCUT2D eigenvalue weighted by Crippen LogP contribution is 2.45. The molecule has 1 aromatic carbocycles. The first kappa shape index (κ1) is 16.2. The Bertz CT molecular complexity index is 757. The normalized spacial score (nSPS) is 16.1. The lowest BCUT2D eigenvalue weighted by molar-refractivity contribution is 0.486. The minimum atomic E-state index is -3.76. The van der Waals surface area contributed by atoms with Crippen molar-refractivity contribution in [3.8, 4) is 5.75 Å². The highest BCUT2D eigenvalue weighted by atomic mass is 32.2. The highest BCUT2D eigenvalue weighted by Gasteiger charge is 2.22. The molecule has 0 aliphatic carbocycles. The zero-order chi connectivity index (χ0) is 15.7. The van der Waals surface area contributed by atoms with Gasteiger partial charge in [-0.3, -0.25) is 0 Å². The van der Waals surface area contributed by atoms with Crippen LogP contribution in [-0.4, -0.2) is 19.9 Å². The smallest absolute Gasteiger partial charge is 0.340 e.